The van der Waals surface area contributed by atoms with Crippen LogP contribution < -0.4 is 14.4 Å². The van der Waals surface area contributed by atoms with Crippen LogP contribution in [0.1, 0.15) is 25.8 Å². The fraction of sp³-hybridized carbons (Fsp3) is 0.350. The number of para-hydroxylation sites is 2. The molecule has 8 heteroatoms. The summed E-state index contributed by atoms with van der Waals surface area (Å²) >= 11 is 6.18. The number of benzene rings is 2. The Kier molecular flexibility index (Phi) is 7.32. The molecule has 0 heterocycles. The molecule has 0 spiro atoms. The van der Waals surface area contributed by atoms with E-state index >= 15 is 0 Å². The van der Waals surface area contributed by atoms with Gasteiger partial charge in [-0.2, -0.15) is 0 Å². The summed E-state index contributed by atoms with van der Waals surface area (Å²) in [6, 6.07) is 11.0. The predicted octanol–water partition coefficient (Wildman–Crippen LogP) is 4.23. The third kappa shape index (κ3) is 5.17. The van der Waals surface area contributed by atoms with Gasteiger partial charge in [-0.25, -0.2) is 8.42 Å². The number of halogens is 1. The van der Waals surface area contributed by atoms with Crippen LogP contribution >= 0.6 is 11.6 Å². The normalized spacial score (nSPS) is 12.3. The van der Waals surface area contributed by atoms with Gasteiger partial charge in [0.15, 0.2) is 0 Å². The highest BCUT2D eigenvalue weighted by atomic mass is 35.5. The second kappa shape index (κ2) is 9.30. The smallest absolute Gasteiger partial charge is 0.248 e. The Bertz CT molecular complexity index is 947. The maximum atomic E-state index is 13.0. The van der Waals surface area contributed by atoms with Crippen molar-refractivity contribution >= 4 is 38.9 Å². The van der Waals surface area contributed by atoms with Crippen LogP contribution in [0.25, 0.3) is 0 Å². The van der Waals surface area contributed by atoms with Crippen molar-refractivity contribution in [3.8, 4) is 5.75 Å². The van der Waals surface area contributed by atoms with Crippen LogP contribution in [-0.2, 0) is 14.8 Å². The SMILES string of the molecule is CCOc1ccccc1NC(=O)C(CC)N(c1ccc(C)c(Cl)c1)S(C)(=O)=O. The number of hydrogen-bond acceptors (Lipinski definition) is 4. The van der Waals surface area contributed by atoms with Gasteiger partial charge in [0, 0.05) is 5.02 Å². The minimum atomic E-state index is -3.73. The van der Waals surface area contributed by atoms with Crippen LogP contribution in [0.5, 0.6) is 5.75 Å². The first-order valence-corrected chi connectivity index (χ1v) is 11.2. The Hall–Kier alpha value is -2.25. The highest BCUT2D eigenvalue weighted by molar-refractivity contribution is 7.92. The van der Waals surface area contributed by atoms with Gasteiger partial charge in [-0.1, -0.05) is 36.7 Å². The molecule has 0 saturated heterocycles. The van der Waals surface area contributed by atoms with Crippen molar-refractivity contribution < 1.29 is 17.9 Å². The zero-order chi connectivity index (χ0) is 20.9. The zero-order valence-corrected chi connectivity index (χ0v) is 18.0. The molecule has 0 aliphatic carbocycles. The van der Waals surface area contributed by atoms with Gasteiger partial charge in [-0.05, 0) is 50.1 Å². The lowest BCUT2D eigenvalue weighted by Crippen LogP contribution is -2.47. The molecule has 6 nitrogen and oxygen atoms in total. The largest absolute Gasteiger partial charge is 0.492 e. The number of nitrogens with one attached hydrogen (secondary N) is 1. The van der Waals surface area contributed by atoms with Gasteiger partial charge in [0.2, 0.25) is 15.9 Å². The summed E-state index contributed by atoms with van der Waals surface area (Å²) in [5, 5.41) is 3.23. The Morgan fingerprint density at radius 2 is 1.89 bits per heavy atom. The molecule has 0 saturated carbocycles. The Morgan fingerprint density at radius 1 is 1.21 bits per heavy atom. The average molecular weight is 425 g/mol. The molecule has 152 valence electrons. The molecule has 0 bridgehead atoms. The quantitative estimate of drug-likeness (QED) is 0.688. The van der Waals surface area contributed by atoms with Gasteiger partial charge < -0.3 is 10.1 Å². The Labute approximate surface area is 171 Å². The summed E-state index contributed by atoms with van der Waals surface area (Å²) in [4.78, 5) is 13.0. The molecule has 28 heavy (non-hydrogen) atoms. The van der Waals surface area contributed by atoms with Gasteiger partial charge in [0.25, 0.3) is 0 Å². The molecular formula is C20H25ClN2O4S. The lowest BCUT2D eigenvalue weighted by atomic mass is 10.1. The van der Waals surface area contributed by atoms with Crippen LogP contribution in [0.4, 0.5) is 11.4 Å². The lowest BCUT2D eigenvalue weighted by Gasteiger charge is -2.30. The monoisotopic (exact) mass is 424 g/mol. The molecule has 2 aromatic rings. The highest BCUT2D eigenvalue weighted by Crippen LogP contribution is 2.29. The molecule has 1 unspecified atom stereocenters. The summed E-state index contributed by atoms with van der Waals surface area (Å²) in [6.45, 7) is 5.87. The van der Waals surface area contributed by atoms with Gasteiger partial charge in [-0.15, -0.1) is 0 Å². The third-order valence-corrected chi connectivity index (χ3v) is 5.77. The topological polar surface area (TPSA) is 75.7 Å². The first kappa shape index (κ1) is 22.0. The van der Waals surface area contributed by atoms with E-state index in [0.717, 1.165) is 16.1 Å². The second-order valence-corrected chi connectivity index (χ2v) is 8.60. The van der Waals surface area contributed by atoms with E-state index in [2.05, 4.69) is 5.32 Å². The van der Waals surface area contributed by atoms with Crippen molar-refractivity contribution in [2.45, 2.75) is 33.2 Å². The first-order valence-electron chi connectivity index (χ1n) is 8.97. The number of amides is 1. The van der Waals surface area contributed by atoms with Gasteiger partial charge in [0.1, 0.15) is 11.8 Å². The predicted molar refractivity (Wildman–Crippen MR) is 114 cm³/mol. The molecule has 1 atom stereocenters. The molecule has 0 fully saturated rings. The summed E-state index contributed by atoms with van der Waals surface area (Å²) in [5.74, 6) is 0.0780. The average Bonchev–Trinajstić information content (AvgIpc) is 2.62. The molecule has 1 N–H and O–H groups in total. The molecule has 1 amide bonds. The van der Waals surface area contributed by atoms with E-state index in [0.29, 0.717) is 28.8 Å². The molecule has 0 radical (unpaired) electrons. The van der Waals surface area contributed by atoms with Crippen molar-refractivity contribution in [2.24, 2.45) is 0 Å². The number of carbonyl (C=O) groups excluding carboxylic acids is 1. The van der Waals surface area contributed by atoms with Gasteiger partial charge in [-0.3, -0.25) is 9.10 Å². The number of nitrogens with zero attached hydrogens (tertiary/aromatic N) is 1. The minimum absolute atomic E-state index is 0.279. The van der Waals surface area contributed by atoms with E-state index in [1.165, 1.54) is 0 Å². The number of aryl methyl sites for hydroxylation is 1. The van der Waals surface area contributed by atoms with E-state index in [4.69, 9.17) is 16.3 Å². The standard InChI is InChI=1S/C20H25ClN2O4S/c1-5-18(20(24)22-17-9-7-8-10-19(17)27-6-2)23(28(4,25)26)15-12-11-14(3)16(21)13-15/h7-13,18H,5-6H2,1-4H3,(H,22,24). The van der Waals surface area contributed by atoms with Crippen molar-refractivity contribution in [1.82, 2.24) is 0 Å². The number of ether oxygens (including phenoxy) is 1. The highest BCUT2D eigenvalue weighted by Gasteiger charge is 2.32. The molecule has 2 rings (SSSR count). The van der Waals surface area contributed by atoms with Crippen LogP contribution in [0, 0.1) is 6.92 Å². The van der Waals surface area contributed by atoms with Crippen molar-refractivity contribution in [1.29, 1.82) is 0 Å². The van der Waals surface area contributed by atoms with Crippen molar-refractivity contribution in [3.05, 3.63) is 53.1 Å². The number of rotatable bonds is 8. The number of carbonyl (C=O) groups is 1. The lowest BCUT2D eigenvalue weighted by molar-refractivity contribution is -0.117. The fourth-order valence-electron chi connectivity index (χ4n) is 2.85. The number of hydrogen-bond donors (Lipinski definition) is 1. The Morgan fingerprint density at radius 3 is 2.46 bits per heavy atom. The fourth-order valence-corrected chi connectivity index (χ4v) is 4.22. The zero-order valence-electron chi connectivity index (χ0n) is 16.4. The van der Waals surface area contributed by atoms with E-state index in [1.54, 1.807) is 49.4 Å². The molecule has 0 aliphatic rings. The number of anilines is 2. The summed E-state index contributed by atoms with van der Waals surface area (Å²) in [5.41, 5.74) is 1.66. The van der Waals surface area contributed by atoms with Gasteiger partial charge >= 0.3 is 0 Å². The summed E-state index contributed by atoms with van der Waals surface area (Å²) in [6.07, 6.45) is 1.35. The second-order valence-electron chi connectivity index (χ2n) is 6.33. The molecule has 2 aromatic carbocycles. The molecule has 0 aliphatic heterocycles. The summed E-state index contributed by atoms with van der Waals surface area (Å²) < 4.78 is 31.7. The van der Waals surface area contributed by atoms with Crippen molar-refractivity contribution in [3.63, 3.8) is 0 Å². The maximum absolute atomic E-state index is 13.0. The molecular weight excluding hydrogens is 400 g/mol. The van der Waals surface area contributed by atoms with Crippen LogP contribution in [0.3, 0.4) is 0 Å². The van der Waals surface area contributed by atoms with E-state index in [-0.39, 0.29) is 6.42 Å². The third-order valence-electron chi connectivity index (χ3n) is 4.18. The Balaban J connectivity index is 2.41. The number of sulfonamides is 1. The van der Waals surface area contributed by atoms with E-state index in [1.807, 2.05) is 13.8 Å². The minimum Gasteiger partial charge on any atom is -0.492 e. The van der Waals surface area contributed by atoms with Crippen LogP contribution in [0.2, 0.25) is 5.02 Å². The molecule has 0 aromatic heterocycles. The van der Waals surface area contributed by atoms with Crippen molar-refractivity contribution in [2.75, 3.05) is 22.5 Å². The summed E-state index contributed by atoms with van der Waals surface area (Å²) in [7, 11) is -3.73. The maximum Gasteiger partial charge on any atom is 0.248 e. The van der Waals surface area contributed by atoms with E-state index < -0.39 is 22.0 Å². The van der Waals surface area contributed by atoms with Gasteiger partial charge in [0.05, 0.1) is 24.2 Å². The van der Waals surface area contributed by atoms with Crippen LogP contribution in [0.15, 0.2) is 42.5 Å². The first-order chi connectivity index (χ1) is 13.2. The van der Waals surface area contributed by atoms with Crippen LogP contribution in [-0.4, -0.2) is 33.2 Å². The van der Waals surface area contributed by atoms with E-state index in [9.17, 15) is 13.2 Å².